The van der Waals surface area contributed by atoms with E-state index in [-0.39, 0.29) is 31.1 Å². The van der Waals surface area contributed by atoms with Crippen molar-refractivity contribution in [3.63, 3.8) is 0 Å². The molecule has 0 aliphatic carbocycles. The number of fused-ring (bicyclic) bond motifs is 1. The van der Waals surface area contributed by atoms with Crippen LogP contribution in [0, 0.1) is 12.7 Å². The fraction of sp³-hybridized carbons (Fsp3) is 0.389. The summed E-state index contributed by atoms with van der Waals surface area (Å²) in [4.78, 5) is 24.7. The van der Waals surface area contributed by atoms with Gasteiger partial charge in [0, 0.05) is 19.6 Å². The van der Waals surface area contributed by atoms with Crippen molar-refractivity contribution >= 4 is 11.7 Å². The average Bonchev–Trinajstić information content (AvgIpc) is 3.22. The van der Waals surface area contributed by atoms with Gasteiger partial charge >= 0.3 is 6.18 Å². The monoisotopic (exact) mass is 459 g/mol. The van der Waals surface area contributed by atoms with E-state index in [9.17, 15) is 31.1 Å². The number of nitrogens with one attached hydrogen (secondary N) is 1. The van der Waals surface area contributed by atoms with Gasteiger partial charge in [0.15, 0.2) is 5.82 Å². The zero-order chi connectivity index (χ0) is 23.2. The number of halogens is 6. The average molecular weight is 459 g/mol. The fourth-order valence-corrected chi connectivity index (χ4v) is 3.47. The zero-order valence-corrected chi connectivity index (χ0v) is 16.4. The maximum atomic E-state index is 14.5. The SMILES string of the molecule is Cc1nc(C(F)(F)F)cc(C(=O)N2CCN[C@H](c3cc(C(F)F)nc4ncnn34)C2)c1F. The van der Waals surface area contributed by atoms with Crippen molar-refractivity contribution in [1.29, 1.82) is 0 Å². The minimum atomic E-state index is -4.86. The second-order valence-electron chi connectivity index (χ2n) is 7.09. The second-order valence-corrected chi connectivity index (χ2v) is 7.09. The van der Waals surface area contributed by atoms with Crippen LogP contribution < -0.4 is 5.32 Å². The summed E-state index contributed by atoms with van der Waals surface area (Å²) >= 11 is 0. The summed E-state index contributed by atoms with van der Waals surface area (Å²) in [7, 11) is 0. The predicted molar refractivity (Wildman–Crippen MR) is 96.3 cm³/mol. The lowest BCUT2D eigenvalue weighted by atomic mass is 10.1. The first kappa shape index (κ1) is 21.9. The summed E-state index contributed by atoms with van der Waals surface area (Å²) in [5.74, 6) is -2.20. The van der Waals surface area contributed by atoms with Crippen molar-refractivity contribution in [2.24, 2.45) is 0 Å². The topological polar surface area (TPSA) is 88.3 Å². The van der Waals surface area contributed by atoms with E-state index in [1.807, 2.05) is 0 Å². The molecule has 1 saturated heterocycles. The summed E-state index contributed by atoms with van der Waals surface area (Å²) in [5.41, 5.74) is -3.03. The molecular weight excluding hydrogens is 444 g/mol. The number of aromatic nitrogens is 5. The standard InChI is InChI=1S/C18H15F6N7O/c1-8-14(19)9(4-13(28-8)18(22,23)24)16(32)30-3-2-25-11(6-30)12-5-10(15(20)21)29-17-26-7-27-31(12)17/h4-5,7,11,15,25H,2-3,6H2,1H3/t11-/m0/s1. The van der Waals surface area contributed by atoms with Crippen LogP contribution in [0.1, 0.15) is 45.6 Å². The first-order valence-electron chi connectivity index (χ1n) is 9.32. The molecule has 1 N–H and O–H groups in total. The maximum Gasteiger partial charge on any atom is 0.433 e. The number of carbonyl (C=O) groups is 1. The number of pyridine rings is 1. The highest BCUT2D eigenvalue weighted by Gasteiger charge is 2.36. The number of carbonyl (C=O) groups excluding carboxylic acids is 1. The number of nitrogens with zero attached hydrogens (tertiary/aromatic N) is 6. The van der Waals surface area contributed by atoms with Crippen LogP contribution in [-0.4, -0.2) is 55.0 Å². The molecule has 3 aromatic heterocycles. The fourth-order valence-electron chi connectivity index (χ4n) is 3.47. The van der Waals surface area contributed by atoms with Gasteiger partial charge in [0.05, 0.1) is 23.0 Å². The van der Waals surface area contributed by atoms with Gasteiger partial charge in [-0.15, -0.1) is 0 Å². The largest absolute Gasteiger partial charge is 0.433 e. The Morgan fingerprint density at radius 3 is 2.69 bits per heavy atom. The minimum Gasteiger partial charge on any atom is -0.335 e. The van der Waals surface area contributed by atoms with E-state index < -0.39 is 53.0 Å². The van der Waals surface area contributed by atoms with E-state index >= 15 is 0 Å². The Labute approximate surface area is 176 Å². The molecule has 8 nitrogen and oxygen atoms in total. The minimum absolute atomic E-state index is 0.0603. The van der Waals surface area contributed by atoms with Gasteiger partial charge in [-0.2, -0.15) is 27.8 Å². The molecule has 4 heterocycles. The molecule has 0 saturated carbocycles. The summed E-state index contributed by atoms with van der Waals surface area (Å²) in [6, 6.07) is 0.751. The van der Waals surface area contributed by atoms with E-state index in [1.165, 1.54) is 4.52 Å². The first-order chi connectivity index (χ1) is 15.1. The maximum absolute atomic E-state index is 14.5. The Balaban J connectivity index is 1.68. The molecule has 0 aromatic carbocycles. The third-order valence-corrected chi connectivity index (χ3v) is 4.99. The van der Waals surface area contributed by atoms with Crippen LogP contribution in [0.25, 0.3) is 5.78 Å². The molecule has 0 bridgehead atoms. The summed E-state index contributed by atoms with van der Waals surface area (Å²) in [5, 5.41) is 6.99. The summed E-state index contributed by atoms with van der Waals surface area (Å²) in [6.07, 6.45) is -6.62. The first-order valence-corrected chi connectivity index (χ1v) is 9.32. The Kier molecular flexibility index (Phi) is 5.48. The number of hydrogen-bond donors (Lipinski definition) is 1. The molecule has 3 aromatic rings. The number of hydrogen-bond acceptors (Lipinski definition) is 6. The molecule has 0 spiro atoms. The number of aryl methyl sites for hydroxylation is 1. The van der Waals surface area contributed by atoms with E-state index in [4.69, 9.17) is 0 Å². The van der Waals surface area contributed by atoms with Crippen LogP contribution in [0.2, 0.25) is 0 Å². The number of amides is 1. The number of piperazine rings is 1. The highest BCUT2D eigenvalue weighted by Crippen LogP contribution is 2.30. The quantitative estimate of drug-likeness (QED) is 0.606. The van der Waals surface area contributed by atoms with Crippen molar-refractivity contribution in [2.45, 2.75) is 25.6 Å². The lowest BCUT2D eigenvalue weighted by molar-refractivity contribution is -0.141. The molecule has 4 rings (SSSR count). The molecule has 14 heteroatoms. The predicted octanol–water partition coefficient (Wildman–Crippen LogP) is 2.71. The van der Waals surface area contributed by atoms with Crippen LogP contribution in [0.15, 0.2) is 18.5 Å². The molecule has 1 aliphatic rings. The van der Waals surface area contributed by atoms with Gasteiger partial charge in [-0.05, 0) is 19.1 Å². The van der Waals surface area contributed by atoms with Crippen LogP contribution >= 0.6 is 0 Å². The molecule has 0 unspecified atom stereocenters. The summed E-state index contributed by atoms with van der Waals surface area (Å²) < 4.78 is 81.5. The van der Waals surface area contributed by atoms with Gasteiger partial charge in [-0.25, -0.2) is 23.1 Å². The second kappa shape index (κ2) is 8.00. The van der Waals surface area contributed by atoms with Crippen molar-refractivity contribution in [3.8, 4) is 0 Å². The molecule has 1 amide bonds. The van der Waals surface area contributed by atoms with Crippen LogP contribution in [0.5, 0.6) is 0 Å². The van der Waals surface area contributed by atoms with Gasteiger partial charge < -0.3 is 10.2 Å². The number of rotatable bonds is 3. The van der Waals surface area contributed by atoms with Gasteiger partial charge in [0.25, 0.3) is 18.1 Å². The molecule has 1 fully saturated rings. The highest BCUT2D eigenvalue weighted by atomic mass is 19.4. The van der Waals surface area contributed by atoms with Crippen molar-refractivity contribution in [1.82, 2.24) is 34.8 Å². The van der Waals surface area contributed by atoms with Gasteiger partial charge in [0.1, 0.15) is 17.7 Å². The third kappa shape index (κ3) is 3.97. The van der Waals surface area contributed by atoms with E-state index in [0.29, 0.717) is 6.07 Å². The molecular formula is C18H15F6N7O. The molecule has 170 valence electrons. The van der Waals surface area contributed by atoms with Gasteiger partial charge in [-0.1, -0.05) is 0 Å². The van der Waals surface area contributed by atoms with Gasteiger partial charge in [0.2, 0.25) is 0 Å². The number of alkyl halides is 5. The van der Waals surface area contributed by atoms with E-state index in [0.717, 1.165) is 24.2 Å². The van der Waals surface area contributed by atoms with Crippen molar-refractivity contribution in [2.75, 3.05) is 19.6 Å². The van der Waals surface area contributed by atoms with E-state index in [1.54, 1.807) is 0 Å². The molecule has 0 radical (unpaired) electrons. The van der Waals surface area contributed by atoms with Crippen LogP contribution in [0.3, 0.4) is 0 Å². The summed E-state index contributed by atoms with van der Waals surface area (Å²) in [6.45, 7) is 1.14. The van der Waals surface area contributed by atoms with Crippen molar-refractivity contribution < 1.29 is 31.1 Å². The Morgan fingerprint density at radius 1 is 1.25 bits per heavy atom. The Bertz CT molecular complexity index is 1180. The van der Waals surface area contributed by atoms with E-state index in [2.05, 4.69) is 25.4 Å². The lowest BCUT2D eigenvalue weighted by Crippen LogP contribution is -2.49. The molecule has 1 atom stereocenters. The third-order valence-electron chi connectivity index (χ3n) is 4.99. The molecule has 32 heavy (non-hydrogen) atoms. The lowest BCUT2D eigenvalue weighted by Gasteiger charge is -2.34. The Hall–Kier alpha value is -3.29. The molecule has 1 aliphatic heterocycles. The van der Waals surface area contributed by atoms with Crippen LogP contribution in [-0.2, 0) is 6.18 Å². The van der Waals surface area contributed by atoms with Gasteiger partial charge in [-0.3, -0.25) is 4.79 Å². The normalized spacial score (nSPS) is 17.4. The smallest absolute Gasteiger partial charge is 0.335 e. The Morgan fingerprint density at radius 2 is 2.00 bits per heavy atom. The van der Waals surface area contributed by atoms with Crippen molar-refractivity contribution in [3.05, 3.63) is 52.6 Å². The zero-order valence-electron chi connectivity index (χ0n) is 16.4. The van der Waals surface area contributed by atoms with Crippen LogP contribution in [0.4, 0.5) is 26.3 Å². The highest BCUT2D eigenvalue weighted by molar-refractivity contribution is 5.95.